The van der Waals surface area contributed by atoms with Gasteiger partial charge in [-0.25, -0.2) is 9.37 Å². The lowest BCUT2D eigenvalue weighted by Crippen LogP contribution is -2.66. The summed E-state index contributed by atoms with van der Waals surface area (Å²) in [6.07, 6.45) is -9.23. The molecule has 0 radical (unpaired) electrons. The summed E-state index contributed by atoms with van der Waals surface area (Å²) in [5.74, 6) is -14.9. The fourth-order valence-corrected chi connectivity index (χ4v) is 9.34. The predicted octanol–water partition coefficient (Wildman–Crippen LogP) is -10.3. The molecule has 11 amide bonds. The molecule has 14 atom stereocenters. The van der Waals surface area contributed by atoms with Crippen molar-refractivity contribution >= 4 is 65.0 Å². The first-order valence-corrected chi connectivity index (χ1v) is 30.7. The maximum atomic E-state index is 14.1. The fraction of sp³-hybridized carbons (Fsp3) is 0.583. The number of hydrogen-bond acceptors (Lipinski definition) is 26. The molecule has 558 valence electrons. The van der Waals surface area contributed by atoms with Crippen molar-refractivity contribution in [3.63, 3.8) is 0 Å². The Morgan fingerprint density at radius 2 is 1.20 bits per heavy atom. The van der Waals surface area contributed by atoms with Gasteiger partial charge in [0, 0.05) is 46.8 Å². The van der Waals surface area contributed by atoms with E-state index in [4.69, 9.17) is 10.5 Å². The number of halogens is 1. The summed E-state index contributed by atoms with van der Waals surface area (Å²) in [5, 5.41) is 138. The Hall–Kier alpha value is -9.36. The van der Waals surface area contributed by atoms with E-state index in [9.17, 15) is 118 Å². The molecule has 3 rings (SSSR count). The van der Waals surface area contributed by atoms with Gasteiger partial charge in [0.1, 0.15) is 72.5 Å². The zero-order chi connectivity index (χ0) is 76.2. The molecule has 0 aliphatic heterocycles. The minimum atomic E-state index is -2.47. The van der Waals surface area contributed by atoms with Crippen LogP contribution in [0.5, 0.6) is 5.75 Å². The molecule has 100 heavy (non-hydrogen) atoms. The number of nitrogens with zero attached hydrogens (tertiary/aromatic N) is 4. The highest BCUT2D eigenvalue weighted by Gasteiger charge is 2.44. The molecule has 23 N–H and O–H groups in total. The molecule has 0 bridgehead atoms. The van der Waals surface area contributed by atoms with Gasteiger partial charge in [-0.2, -0.15) is 4.73 Å². The molecule has 0 fully saturated rings. The topological polar surface area (TPSA) is 609 Å². The first-order valence-electron chi connectivity index (χ1n) is 30.7. The minimum absolute atomic E-state index is 0.000177. The number of imidazole rings is 1. The summed E-state index contributed by atoms with van der Waals surface area (Å²) in [6.45, 7) is 4.42. The summed E-state index contributed by atoms with van der Waals surface area (Å²) in [4.78, 5) is 166. The molecule has 3 aromatic rings. The summed E-state index contributed by atoms with van der Waals surface area (Å²) < 4.78 is 20.9. The number of aromatic nitrogens is 3. The van der Waals surface area contributed by atoms with Gasteiger partial charge in [0.2, 0.25) is 58.6 Å². The second-order valence-electron chi connectivity index (χ2n) is 25.4. The van der Waals surface area contributed by atoms with E-state index in [1.54, 1.807) is 0 Å². The van der Waals surface area contributed by atoms with Crippen LogP contribution in [0.15, 0.2) is 53.8 Å². The molecular formula is C60H92FN15O24. The number of hydrogen-bond donors (Lipinski definition) is 22. The molecular weight excluding hydrogens is 1330 g/mol. The van der Waals surface area contributed by atoms with Gasteiger partial charge in [0.05, 0.1) is 73.7 Å². The number of aliphatic hydroxyl groups excluding tert-OH is 7. The third kappa shape index (κ3) is 24.2. The van der Waals surface area contributed by atoms with Crippen molar-refractivity contribution in [2.75, 3.05) is 47.0 Å². The van der Waals surface area contributed by atoms with Gasteiger partial charge in [-0.05, 0) is 57.7 Å². The van der Waals surface area contributed by atoms with Crippen LogP contribution < -0.4 is 64.3 Å². The number of aryl methyl sites for hydroxylation is 1. The van der Waals surface area contributed by atoms with Crippen molar-refractivity contribution < 1.29 is 118 Å². The van der Waals surface area contributed by atoms with Gasteiger partial charge in [-0.15, -0.1) is 0 Å². The predicted molar refractivity (Wildman–Crippen MR) is 342 cm³/mol. The number of benzene rings is 1. The van der Waals surface area contributed by atoms with E-state index in [0.29, 0.717) is 15.8 Å². The average molecular weight is 1430 g/mol. The van der Waals surface area contributed by atoms with Crippen molar-refractivity contribution in [1.82, 2.24) is 72.3 Å². The Balaban J connectivity index is 1.77. The molecule has 0 saturated carbocycles. The van der Waals surface area contributed by atoms with E-state index < -0.39 is 229 Å². The quantitative estimate of drug-likeness (QED) is 0.0238. The summed E-state index contributed by atoms with van der Waals surface area (Å²) in [5.41, 5.74) is -0.907. The van der Waals surface area contributed by atoms with Gasteiger partial charge in [-0.3, -0.25) is 57.5 Å². The minimum Gasteiger partial charge on any atom is -0.503 e. The standard InChI is InChI=1S/C60H92FN15O24/c1-27(79)41(83)53(92)71-40(42(84)35-20-63-26-74(35)9)52(91)65-21-38(100-11)43(85)44(86)57(96)75(10)34(16-28-12-14-29(61)15-13-28)51(90)66-22-39(82)70-46(59(5,6)97)55(94)69-33(25-78)50(89)73-47(60(7,8)98)56(95)72-45(58(2,3)4)54(93)68-32(24-77)49(88)67-31(18-62)48(87)64-19-30-17-36(80)37(81)23-76(30)99/h12-15,17,20,23,26-27,31-34,38,40-47,77-79,81,83-86,97-99H,16,18-19,21-22,24-25,62H2,1-11H3,(H,64,87)(H,65,91)(H,66,90)(H,67,88)(H,68,93)(H,69,94)(H,70,82)(H,71,92)(H,72,95)(H,73,89)/t27-,31-,32-,33-,34-,38-,40+,41+,42+,43-,44-,45+,46+,47+/m0/s1. The number of carbonyl (C=O) groups is 11. The third-order valence-electron chi connectivity index (χ3n) is 15.4. The fourth-order valence-electron chi connectivity index (χ4n) is 9.34. The van der Waals surface area contributed by atoms with Crippen molar-refractivity contribution in [3.8, 4) is 5.75 Å². The van der Waals surface area contributed by atoms with Gasteiger partial charge >= 0.3 is 0 Å². The first-order chi connectivity index (χ1) is 46.3. The molecule has 2 aromatic heterocycles. The van der Waals surface area contributed by atoms with E-state index in [1.165, 1.54) is 50.8 Å². The normalized spacial score (nSPS) is 16.0. The number of likely N-dealkylation sites (N-methyl/N-ethyl adjacent to an activating group) is 1. The number of ether oxygens (including phenoxy) is 1. The Kier molecular flexibility index (Phi) is 31.5. The van der Waals surface area contributed by atoms with Crippen LogP contribution >= 0.6 is 0 Å². The number of pyridine rings is 1. The lowest BCUT2D eigenvalue weighted by molar-refractivity contribution is -0.156. The van der Waals surface area contributed by atoms with Gasteiger partial charge in [0.25, 0.3) is 11.8 Å². The highest BCUT2D eigenvalue weighted by Crippen LogP contribution is 2.22. The van der Waals surface area contributed by atoms with Crippen LogP contribution in [0.3, 0.4) is 0 Å². The van der Waals surface area contributed by atoms with E-state index in [0.717, 1.165) is 73.2 Å². The van der Waals surface area contributed by atoms with Crippen LogP contribution in [-0.2, 0) is 77.5 Å². The second-order valence-corrected chi connectivity index (χ2v) is 25.4. The van der Waals surface area contributed by atoms with Crippen molar-refractivity contribution in [3.05, 3.63) is 82.0 Å². The van der Waals surface area contributed by atoms with Crippen LogP contribution in [0.4, 0.5) is 4.39 Å². The number of carbonyl (C=O) groups excluding carboxylic acids is 11. The van der Waals surface area contributed by atoms with Crippen molar-refractivity contribution in [2.45, 2.75) is 165 Å². The zero-order valence-corrected chi connectivity index (χ0v) is 56.6. The third-order valence-corrected chi connectivity index (χ3v) is 15.4. The summed E-state index contributed by atoms with van der Waals surface area (Å²) in [7, 11) is 3.46. The van der Waals surface area contributed by atoms with Crippen LogP contribution in [-0.4, -0.2) is 277 Å². The van der Waals surface area contributed by atoms with Crippen LogP contribution in [0.2, 0.25) is 0 Å². The van der Waals surface area contributed by atoms with Crippen LogP contribution in [0, 0.1) is 11.2 Å². The number of rotatable bonds is 37. The second kappa shape index (κ2) is 37.2. The lowest BCUT2D eigenvalue weighted by Gasteiger charge is -2.36. The molecule has 0 unspecified atom stereocenters. The number of amides is 11. The van der Waals surface area contributed by atoms with Crippen molar-refractivity contribution in [2.24, 2.45) is 18.2 Å². The molecule has 0 spiro atoms. The van der Waals surface area contributed by atoms with Gasteiger partial charge < -0.3 is 129 Å². The number of methoxy groups -OCH3 is 1. The van der Waals surface area contributed by atoms with Crippen LogP contribution in [0.1, 0.15) is 78.4 Å². The molecule has 2 heterocycles. The molecule has 1 aromatic carbocycles. The maximum absolute atomic E-state index is 14.1. The molecule has 0 aliphatic carbocycles. The Morgan fingerprint density at radius 1 is 0.680 bits per heavy atom. The van der Waals surface area contributed by atoms with Crippen molar-refractivity contribution in [1.29, 1.82) is 0 Å². The summed E-state index contributed by atoms with van der Waals surface area (Å²) >= 11 is 0. The lowest BCUT2D eigenvalue weighted by atomic mass is 9.85. The monoisotopic (exact) mass is 1430 g/mol. The van der Waals surface area contributed by atoms with E-state index in [-0.39, 0.29) is 17.0 Å². The van der Waals surface area contributed by atoms with E-state index >= 15 is 0 Å². The number of nitrogens with one attached hydrogen (secondary N) is 10. The van der Waals surface area contributed by atoms with Gasteiger partial charge in [-0.1, -0.05) is 32.9 Å². The number of nitrogens with two attached hydrogens (primary N) is 1. The summed E-state index contributed by atoms with van der Waals surface area (Å²) in [6, 6.07) is -9.46. The van der Waals surface area contributed by atoms with E-state index in [2.05, 4.69) is 58.2 Å². The molecule has 0 saturated heterocycles. The number of aromatic hydroxyl groups is 1. The Morgan fingerprint density at radius 3 is 1.70 bits per heavy atom. The highest BCUT2D eigenvalue weighted by atomic mass is 19.1. The Labute approximate surface area is 571 Å². The van der Waals surface area contributed by atoms with Crippen LogP contribution in [0.25, 0.3) is 0 Å². The number of aliphatic hydroxyl groups is 9. The highest BCUT2D eigenvalue weighted by molar-refractivity contribution is 5.99. The molecule has 0 aliphatic rings. The molecule has 39 nitrogen and oxygen atoms in total. The maximum Gasteiger partial charge on any atom is 0.254 e. The van der Waals surface area contributed by atoms with Gasteiger partial charge in [0.15, 0.2) is 18.0 Å². The Bertz CT molecular complexity index is 3410. The zero-order valence-electron chi connectivity index (χ0n) is 56.6. The average Bonchev–Trinajstić information content (AvgIpc) is 0.982. The first kappa shape index (κ1) is 84.9. The smallest absolute Gasteiger partial charge is 0.254 e. The SMILES string of the molecule is CO[C@@H](CNC(=O)[C@H](NC(=O)[C@H](O)[C@H](C)O)[C@H](O)c1cncn1C)[C@H](O)[C@H](O)C(=O)N(C)[C@@H](Cc1ccc(F)cc1)C(=O)NCC(=O)N[C@H](C(=O)N[C@@H](CO)C(=O)N[C@H](C(=O)N[C@H](C(=O)N[C@@H](CO)C(=O)N[C@@H](CN)C(=O)NCc1cc(=O)c(O)cn1O)C(C)(C)C)C(C)(C)O)C(C)(C)O. The van der Waals surface area contributed by atoms with E-state index in [1.807, 2.05) is 0 Å². The largest absolute Gasteiger partial charge is 0.503 e. The molecule has 40 heteroatoms.